The van der Waals surface area contributed by atoms with Crippen molar-refractivity contribution in [2.24, 2.45) is 5.92 Å². The van der Waals surface area contributed by atoms with E-state index in [-0.39, 0.29) is 17.9 Å². The fraction of sp³-hybridized carbons (Fsp3) is 0.348. The Hall–Kier alpha value is -2.39. The lowest BCUT2D eigenvalue weighted by molar-refractivity contribution is -0.130. The lowest BCUT2D eigenvalue weighted by Crippen LogP contribution is -2.30. The highest BCUT2D eigenvalue weighted by Gasteiger charge is 2.23. The van der Waals surface area contributed by atoms with Gasteiger partial charge in [-0.3, -0.25) is 4.79 Å². The molecule has 0 aliphatic rings. The quantitative estimate of drug-likeness (QED) is 0.591. The standard InChI is InChI=1S/C23H29NO2/c1-4-21(17-23(25)24(2)3)22(16-15-19-11-7-5-8-12-19)26-18-20-13-9-6-10-14-20/h4-14,21-22H,1,15-18H2,2-3H3. The molecule has 138 valence electrons. The van der Waals surface area contributed by atoms with Crippen LogP contribution in [0.25, 0.3) is 0 Å². The van der Waals surface area contributed by atoms with Gasteiger partial charge in [-0.2, -0.15) is 0 Å². The second kappa shape index (κ2) is 10.6. The zero-order chi connectivity index (χ0) is 18.8. The number of rotatable bonds is 10. The molecule has 0 radical (unpaired) electrons. The molecule has 0 aromatic heterocycles. The highest BCUT2D eigenvalue weighted by Crippen LogP contribution is 2.22. The van der Waals surface area contributed by atoms with Crippen molar-refractivity contribution in [3.05, 3.63) is 84.4 Å². The van der Waals surface area contributed by atoms with Gasteiger partial charge in [0.05, 0.1) is 12.7 Å². The summed E-state index contributed by atoms with van der Waals surface area (Å²) in [5.74, 6) is 0.0975. The van der Waals surface area contributed by atoms with Crippen LogP contribution in [0.3, 0.4) is 0 Å². The first-order valence-corrected chi connectivity index (χ1v) is 9.12. The Kier molecular flexibility index (Phi) is 8.10. The summed E-state index contributed by atoms with van der Waals surface area (Å²) >= 11 is 0. The van der Waals surface area contributed by atoms with Crippen molar-refractivity contribution in [3.63, 3.8) is 0 Å². The molecule has 3 nitrogen and oxygen atoms in total. The van der Waals surface area contributed by atoms with Gasteiger partial charge in [0.25, 0.3) is 0 Å². The summed E-state index contributed by atoms with van der Waals surface area (Å²) in [4.78, 5) is 13.8. The van der Waals surface area contributed by atoms with Crippen molar-refractivity contribution < 1.29 is 9.53 Å². The van der Waals surface area contributed by atoms with Crippen LogP contribution < -0.4 is 0 Å². The molecular formula is C23H29NO2. The van der Waals surface area contributed by atoms with Crippen molar-refractivity contribution in [2.75, 3.05) is 14.1 Å². The Labute approximate surface area is 157 Å². The number of nitrogens with zero attached hydrogens (tertiary/aromatic N) is 1. The predicted molar refractivity (Wildman–Crippen MR) is 107 cm³/mol. The molecule has 0 heterocycles. The summed E-state index contributed by atoms with van der Waals surface area (Å²) in [7, 11) is 3.57. The molecule has 2 atom stereocenters. The van der Waals surface area contributed by atoms with Crippen LogP contribution in [0.5, 0.6) is 0 Å². The van der Waals surface area contributed by atoms with Gasteiger partial charge in [0, 0.05) is 26.4 Å². The average Bonchev–Trinajstić information content (AvgIpc) is 2.68. The molecule has 3 heteroatoms. The van der Waals surface area contributed by atoms with Gasteiger partial charge in [0.15, 0.2) is 0 Å². The average molecular weight is 351 g/mol. The Morgan fingerprint density at radius 1 is 1.04 bits per heavy atom. The van der Waals surface area contributed by atoms with E-state index in [2.05, 4.69) is 43.0 Å². The van der Waals surface area contributed by atoms with E-state index < -0.39 is 0 Å². The zero-order valence-corrected chi connectivity index (χ0v) is 15.8. The Morgan fingerprint density at radius 3 is 2.15 bits per heavy atom. The van der Waals surface area contributed by atoms with E-state index in [1.807, 2.05) is 30.3 Å². The van der Waals surface area contributed by atoms with Crippen LogP contribution in [0.4, 0.5) is 0 Å². The van der Waals surface area contributed by atoms with Crippen molar-refractivity contribution in [1.29, 1.82) is 0 Å². The van der Waals surface area contributed by atoms with E-state index in [9.17, 15) is 4.79 Å². The number of aryl methyl sites for hydroxylation is 1. The Balaban J connectivity index is 2.05. The molecule has 2 aromatic rings. The summed E-state index contributed by atoms with van der Waals surface area (Å²) in [5.41, 5.74) is 2.42. The van der Waals surface area contributed by atoms with Crippen LogP contribution >= 0.6 is 0 Å². The fourth-order valence-corrected chi connectivity index (χ4v) is 2.90. The smallest absolute Gasteiger partial charge is 0.222 e. The predicted octanol–water partition coefficient (Wildman–Crippen LogP) is 4.49. The van der Waals surface area contributed by atoms with Crippen molar-refractivity contribution >= 4 is 5.91 Å². The van der Waals surface area contributed by atoms with Crippen LogP contribution in [0, 0.1) is 5.92 Å². The highest BCUT2D eigenvalue weighted by atomic mass is 16.5. The van der Waals surface area contributed by atoms with E-state index in [0.717, 1.165) is 18.4 Å². The molecular weight excluding hydrogens is 322 g/mol. The largest absolute Gasteiger partial charge is 0.373 e. The van der Waals surface area contributed by atoms with E-state index in [1.165, 1.54) is 5.56 Å². The Bertz CT molecular complexity index is 624. The lowest BCUT2D eigenvalue weighted by Gasteiger charge is -2.26. The van der Waals surface area contributed by atoms with E-state index in [4.69, 9.17) is 4.74 Å². The number of benzene rings is 2. The number of amides is 1. The van der Waals surface area contributed by atoms with Gasteiger partial charge in [-0.15, -0.1) is 6.58 Å². The fourth-order valence-electron chi connectivity index (χ4n) is 2.90. The van der Waals surface area contributed by atoms with Gasteiger partial charge >= 0.3 is 0 Å². The van der Waals surface area contributed by atoms with Gasteiger partial charge in [0.2, 0.25) is 5.91 Å². The number of carbonyl (C=O) groups is 1. The molecule has 2 unspecified atom stereocenters. The first-order chi connectivity index (χ1) is 12.6. The maximum Gasteiger partial charge on any atom is 0.222 e. The second-order valence-electron chi connectivity index (χ2n) is 6.75. The van der Waals surface area contributed by atoms with Gasteiger partial charge in [0.1, 0.15) is 0 Å². The first-order valence-electron chi connectivity index (χ1n) is 9.12. The summed E-state index contributed by atoms with van der Waals surface area (Å²) in [6.07, 6.45) is 4.01. The number of ether oxygens (including phenoxy) is 1. The van der Waals surface area contributed by atoms with Crippen molar-refractivity contribution in [1.82, 2.24) is 4.90 Å². The minimum absolute atomic E-state index is 0.00248. The van der Waals surface area contributed by atoms with Crippen LogP contribution in [0.2, 0.25) is 0 Å². The van der Waals surface area contributed by atoms with Crippen LogP contribution in [-0.4, -0.2) is 31.0 Å². The molecule has 0 aliphatic heterocycles. The van der Waals surface area contributed by atoms with E-state index >= 15 is 0 Å². The van der Waals surface area contributed by atoms with Crippen molar-refractivity contribution in [2.45, 2.75) is 32.0 Å². The normalized spacial score (nSPS) is 13.0. The maximum absolute atomic E-state index is 12.2. The third kappa shape index (κ3) is 6.49. The monoisotopic (exact) mass is 351 g/mol. The molecule has 0 saturated heterocycles. The topological polar surface area (TPSA) is 29.5 Å². The van der Waals surface area contributed by atoms with Crippen LogP contribution in [0.15, 0.2) is 73.3 Å². The van der Waals surface area contributed by atoms with Crippen LogP contribution in [-0.2, 0) is 22.6 Å². The SMILES string of the molecule is C=CC(CC(=O)N(C)C)C(CCc1ccccc1)OCc1ccccc1. The van der Waals surface area contributed by atoms with E-state index in [0.29, 0.717) is 13.0 Å². The number of carbonyl (C=O) groups excluding carboxylic acids is 1. The molecule has 26 heavy (non-hydrogen) atoms. The molecule has 0 fully saturated rings. The molecule has 2 aromatic carbocycles. The minimum atomic E-state index is -0.0446. The maximum atomic E-state index is 12.2. The van der Waals surface area contributed by atoms with E-state index in [1.54, 1.807) is 19.0 Å². The van der Waals surface area contributed by atoms with Gasteiger partial charge in [-0.05, 0) is 24.0 Å². The zero-order valence-electron chi connectivity index (χ0n) is 15.8. The third-order valence-electron chi connectivity index (χ3n) is 4.56. The Morgan fingerprint density at radius 2 is 1.62 bits per heavy atom. The summed E-state index contributed by atoms with van der Waals surface area (Å²) in [6, 6.07) is 20.5. The number of hydrogen-bond acceptors (Lipinski definition) is 2. The van der Waals surface area contributed by atoms with Crippen molar-refractivity contribution in [3.8, 4) is 0 Å². The van der Waals surface area contributed by atoms with Crippen LogP contribution in [0.1, 0.15) is 24.0 Å². The molecule has 1 amide bonds. The molecule has 0 spiro atoms. The molecule has 2 rings (SSSR count). The molecule has 0 saturated carbocycles. The number of hydrogen-bond donors (Lipinski definition) is 0. The minimum Gasteiger partial charge on any atom is -0.373 e. The first kappa shape index (κ1) is 19.9. The second-order valence-corrected chi connectivity index (χ2v) is 6.75. The molecule has 0 bridgehead atoms. The highest BCUT2D eigenvalue weighted by molar-refractivity contribution is 5.76. The molecule has 0 N–H and O–H groups in total. The summed E-state index contributed by atoms with van der Waals surface area (Å²) in [6.45, 7) is 4.50. The third-order valence-corrected chi connectivity index (χ3v) is 4.56. The summed E-state index contributed by atoms with van der Waals surface area (Å²) < 4.78 is 6.24. The summed E-state index contributed by atoms with van der Waals surface area (Å²) in [5, 5.41) is 0. The van der Waals surface area contributed by atoms with Gasteiger partial charge in [-0.1, -0.05) is 66.7 Å². The lowest BCUT2D eigenvalue weighted by atomic mass is 9.92. The van der Waals surface area contributed by atoms with Gasteiger partial charge in [-0.25, -0.2) is 0 Å². The van der Waals surface area contributed by atoms with Gasteiger partial charge < -0.3 is 9.64 Å². The molecule has 0 aliphatic carbocycles.